The van der Waals surface area contributed by atoms with Crippen LogP contribution in [0.25, 0.3) is 0 Å². The maximum atomic E-state index is 10.6. The van der Waals surface area contributed by atoms with E-state index < -0.39 is 6.80 Å². The summed E-state index contributed by atoms with van der Waals surface area (Å²) in [6, 6.07) is 0. The Hall–Kier alpha value is -0.110. The number of nitrogens with one attached hydrogen (secondary N) is 1. The molecule has 1 nitrogen and oxygen atoms in total. The molecule has 0 aromatic carbocycles. The first-order valence-corrected chi connectivity index (χ1v) is 1.12. The molecule has 0 heterocycles. The largest absolute Gasteiger partial charge is 0.293 e. The summed E-state index contributed by atoms with van der Waals surface area (Å²) in [5, 5.41) is 2.26. The van der Waals surface area contributed by atoms with Crippen LogP contribution in [-0.2, 0) is 0 Å². The van der Waals surface area contributed by atoms with E-state index in [9.17, 15) is 4.39 Å². The molecule has 0 amide bonds. The number of alkyl halides is 1. The van der Waals surface area contributed by atoms with Crippen molar-refractivity contribution in [1.29, 1.82) is 0 Å². The van der Waals surface area contributed by atoms with Crippen LogP contribution in [-0.4, -0.2) is 13.8 Å². The van der Waals surface area contributed by atoms with Crippen LogP contribution in [0.15, 0.2) is 0 Å². The molecule has 0 bridgehead atoms. The molecule has 0 aliphatic carbocycles. The van der Waals surface area contributed by atoms with Gasteiger partial charge >= 0.3 is 0 Å². The van der Waals surface area contributed by atoms with E-state index in [1.807, 2.05) is 0 Å². The van der Waals surface area contributed by atoms with Crippen LogP contribution >= 0.6 is 0 Å². The lowest BCUT2D eigenvalue weighted by molar-refractivity contribution is 0.452. The van der Waals surface area contributed by atoms with E-state index in [1.54, 1.807) is 7.05 Å². The molecule has 0 fully saturated rings. The van der Waals surface area contributed by atoms with Crippen LogP contribution in [0.1, 0.15) is 0 Å². The second kappa shape index (κ2) is 2.89. The van der Waals surface area contributed by atoms with Crippen molar-refractivity contribution in [3.8, 4) is 0 Å². The summed E-state index contributed by atoms with van der Waals surface area (Å²) in [6.07, 6.45) is 0. The second-order valence-corrected chi connectivity index (χ2v) is 0.487. The van der Waals surface area contributed by atoms with Crippen molar-refractivity contribution in [1.82, 2.24) is 5.32 Å². The molecule has 2 heteroatoms. The summed E-state index contributed by atoms with van der Waals surface area (Å²) < 4.78 is 10.6. The Balaban J connectivity index is 1.97. The lowest BCUT2D eigenvalue weighted by atomic mass is 11.2. The molecule has 0 saturated heterocycles. The fourth-order valence-electron chi connectivity index (χ4n) is 0. The van der Waals surface area contributed by atoms with E-state index in [4.69, 9.17) is 0 Å². The minimum absolute atomic E-state index is 0.431. The van der Waals surface area contributed by atoms with Crippen LogP contribution in [0.3, 0.4) is 0 Å². The van der Waals surface area contributed by atoms with Crippen molar-refractivity contribution >= 4 is 0 Å². The molecule has 0 aliphatic rings. The first kappa shape index (κ1) is 3.89. The minimum Gasteiger partial charge on any atom is -0.293 e. The van der Waals surface area contributed by atoms with Crippen LogP contribution in [0, 0.1) is 0 Å². The first-order chi connectivity index (χ1) is 1.91. The van der Waals surface area contributed by atoms with Gasteiger partial charge in [-0.15, -0.1) is 0 Å². The highest BCUT2D eigenvalue weighted by molar-refractivity contribution is 4.03. The summed E-state index contributed by atoms with van der Waals surface area (Å²) in [7, 11) is 1.56. The Morgan fingerprint density at radius 3 is 2.25 bits per heavy atom. The van der Waals surface area contributed by atoms with Crippen molar-refractivity contribution in [2.24, 2.45) is 0 Å². The molecule has 1 N–H and O–H groups in total. The standard InChI is InChI=1S/C2H6FN/c1-4-2-3/h4H,2H2,1H3. The molecule has 0 saturated carbocycles. The SMILES string of the molecule is CNCF. The maximum absolute atomic E-state index is 10.6. The average Bonchev–Trinajstić information content (AvgIpc) is 1.37. The van der Waals surface area contributed by atoms with Gasteiger partial charge in [-0.05, 0) is 7.05 Å². The van der Waals surface area contributed by atoms with Crippen LogP contribution in [0.4, 0.5) is 4.39 Å². The minimum atomic E-state index is -0.431. The first-order valence-electron chi connectivity index (χ1n) is 1.12. The predicted molar refractivity (Wildman–Crippen MR) is 15.0 cm³/mol. The van der Waals surface area contributed by atoms with Gasteiger partial charge < -0.3 is 0 Å². The van der Waals surface area contributed by atoms with Crippen molar-refractivity contribution in [2.45, 2.75) is 0 Å². The Morgan fingerprint density at radius 1 is 2.00 bits per heavy atom. The monoisotopic (exact) mass is 63.0 g/mol. The fourth-order valence-corrected chi connectivity index (χ4v) is 0. The number of halogens is 1. The third-order valence-corrected chi connectivity index (χ3v) is 0.134. The van der Waals surface area contributed by atoms with Gasteiger partial charge in [0.25, 0.3) is 0 Å². The van der Waals surface area contributed by atoms with Gasteiger partial charge in [-0.3, -0.25) is 5.32 Å². The molecule has 0 aromatic heterocycles. The van der Waals surface area contributed by atoms with Gasteiger partial charge in [0.2, 0.25) is 0 Å². The molecule has 0 spiro atoms. The third-order valence-electron chi connectivity index (χ3n) is 0.134. The zero-order chi connectivity index (χ0) is 3.41. The number of hydrogen-bond acceptors (Lipinski definition) is 1. The van der Waals surface area contributed by atoms with Crippen molar-refractivity contribution in [3.05, 3.63) is 0 Å². The predicted octanol–water partition coefficient (Wildman–Crippen LogP) is 0.133. The van der Waals surface area contributed by atoms with Crippen molar-refractivity contribution < 1.29 is 4.39 Å². The summed E-state index contributed by atoms with van der Waals surface area (Å²) >= 11 is 0. The van der Waals surface area contributed by atoms with E-state index in [2.05, 4.69) is 5.32 Å². The molecule has 4 heavy (non-hydrogen) atoms. The highest BCUT2D eigenvalue weighted by atomic mass is 19.1. The van der Waals surface area contributed by atoms with E-state index in [0.29, 0.717) is 0 Å². The highest BCUT2D eigenvalue weighted by Crippen LogP contribution is 1.44. The van der Waals surface area contributed by atoms with E-state index in [0.717, 1.165) is 0 Å². The van der Waals surface area contributed by atoms with Gasteiger partial charge in [0.1, 0.15) is 6.80 Å². The zero-order valence-electron chi connectivity index (χ0n) is 2.59. The van der Waals surface area contributed by atoms with Crippen LogP contribution in [0.2, 0.25) is 0 Å². The smallest absolute Gasteiger partial charge is 0.140 e. The highest BCUT2D eigenvalue weighted by Gasteiger charge is 1.54. The summed E-state index contributed by atoms with van der Waals surface area (Å²) in [5.74, 6) is 0. The average molecular weight is 63.1 g/mol. The Morgan fingerprint density at radius 2 is 2.25 bits per heavy atom. The Kier molecular flexibility index (Phi) is 2.81. The molecule has 0 rings (SSSR count). The van der Waals surface area contributed by atoms with Gasteiger partial charge in [0, 0.05) is 0 Å². The molecule has 0 aliphatic heterocycles. The van der Waals surface area contributed by atoms with Gasteiger partial charge in [0.05, 0.1) is 0 Å². The zero-order valence-corrected chi connectivity index (χ0v) is 2.59. The van der Waals surface area contributed by atoms with E-state index >= 15 is 0 Å². The van der Waals surface area contributed by atoms with Crippen molar-refractivity contribution in [3.63, 3.8) is 0 Å². The van der Waals surface area contributed by atoms with E-state index in [1.165, 1.54) is 0 Å². The normalized spacial score (nSPS) is 7.50. The molecule has 0 unspecified atom stereocenters. The third kappa shape index (κ3) is 1.89. The summed E-state index contributed by atoms with van der Waals surface area (Å²) in [4.78, 5) is 0. The lowest BCUT2D eigenvalue weighted by Gasteiger charge is -1.72. The summed E-state index contributed by atoms with van der Waals surface area (Å²) in [6.45, 7) is -0.431. The van der Waals surface area contributed by atoms with Crippen molar-refractivity contribution in [2.75, 3.05) is 13.8 Å². The Labute approximate surface area is 24.8 Å². The topological polar surface area (TPSA) is 12.0 Å². The number of rotatable bonds is 1. The van der Waals surface area contributed by atoms with Gasteiger partial charge in [-0.1, -0.05) is 0 Å². The molecule has 0 radical (unpaired) electrons. The van der Waals surface area contributed by atoms with Gasteiger partial charge in [-0.2, -0.15) is 0 Å². The quantitative estimate of drug-likeness (QED) is 0.426. The van der Waals surface area contributed by atoms with Crippen LogP contribution in [0.5, 0.6) is 0 Å². The lowest BCUT2D eigenvalue weighted by Crippen LogP contribution is -1.99. The van der Waals surface area contributed by atoms with E-state index in [-0.39, 0.29) is 0 Å². The van der Waals surface area contributed by atoms with Crippen LogP contribution < -0.4 is 5.32 Å². The molecule has 0 atom stereocenters. The fraction of sp³-hybridized carbons (Fsp3) is 1.00. The summed E-state index contributed by atoms with van der Waals surface area (Å²) in [5.41, 5.74) is 0. The second-order valence-electron chi connectivity index (χ2n) is 0.487. The van der Waals surface area contributed by atoms with Gasteiger partial charge in [-0.25, -0.2) is 4.39 Å². The molecule has 26 valence electrons. The molecular weight excluding hydrogens is 57.0 g/mol. The molecule has 0 aromatic rings. The Bertz CT molecular complexity index is 8.00. The molecular formula is C2H6FN. The van der Waals surface area contributed by atoms with Gasteiger partial charge in [0.15, 0.2) is 0 Å². The number of hydrogen-bond donors (Lipinski definition) is 1. The maximum Gasteiger partial charge on any atom is 0.140 e.